The van der Waals surface area contributed by atoms with Gasteiger partial charge >= 0.3 is 0 Å². The van der Waals surface area contributed by atoms with Crippen LogP contribution in [-0.4, -0.2) is 9.97 Å². The summed E-state index contributed by atoms with van der Waals surface area (Å²) in [5.41, 5.74) is 0. The summed E-state index contributed by atoms with van der Waals surface area (Å²) < 4.78 is 6.29. The third-order valence-corrected chi connectivity index (χ3v) is 3.91. The van der Waals surface area contributed by atoms with E-state index in [0.717, 1.165) is 0 Å². The van der Waals surface area contributed by atoms with Gasteiger partial charge in [0.05, 0.1) is 10.0 Å². The van der Waals surface area contributed by atoms with Crippen LogP contribution in [0.5, 0.6) is 11.6 Å². The lowest BCUT2D eigenvalue weighted by atomic mass is 10.3. The van der Waals surface area contributed by atoms with E-state index in [2.05, 4.69) is 25.9 Å². The van der Waals surface area contributed by atoms with Crippen LogP contribution in [0.1, 0.15) is 12.7 Å². The normalized spacial score (nSPS) is 10.6. The SMILES string of the molecule is CCc1nc(Cl)cc(Oc2cc(Cl)c(Br)cc2Cl)n1. The van der Waals surface area contributed by atoms with Crippen molar-refractivity contribution in [3.05, 3.63) is 43.7 Å². The van der Waals surface area contributed by atoms with Gasteiger partial charge in [0.2, 0.25) is 5.88 Å². The van der Waals surface area contributed by atoms with Crippen LogP contribution in [0.3, 0.4) is 0 Å². The fraction of sp³-hybridized carbons (Fsp3) is 0.167. The first kappa shape index (κ1) is 14.9. The number of halogens is 4. The average Bonchev–Trinajstić information content (AvgIpc) is 2.35. The summed E-state index contributed by atoms with van der Waals surface area (Å²) >= 11 is 21.2. The molecule has 0 aliphatic rings. The minimum absolute atomic E-state index is 0.321. The van der Waals surface area contributed by atoms with E-state index in [-0.39, 0.29) is 0 Å². The highest BCUT2D eigenvalue weighted by Gasteiger charge is 2.10. The van der Waals surface area contributed by atoms with Gasteiger partial charge < -0.3 is 4.74 Å². The van der Waals surface area contributed by atoms with Crippen molar-refractivity contribution in [3.63, 3.8) is 0 Å². The Kier molecular flexibility index (Phi) is 4.90. The van der Waals surface area contributed by atoms with Crippen LogP contribution >= 0.6 is 50.7 Å². The van der Waals surface area contributed by atoms with Gasteiger partial charge in [-0.1, -0.05) is 41.7 Å². The van der Waals surface area contributed by atoms with E-state index in [1.807, 2.05) is 6.92 Å². The highest BCUT2D eigenvalue weighted by molar-refractivity contribution is 9.10. The van der Waals surface area contributed by atoms with Crippen LogP contribution in [0.4, 0.5) is 0 Å². The summed E-state index contributed by atoms with van der Waals surface area (Å²) in [6.07, 6.45) is 0.658. The van der Waals surface area contributed by atoms with Crippen molar-refractivity contribution >= 4 is 50.7 Å². The minimum Gasteiger partial charge on any atom is -0.437 e. The molecule has 0 radical (unpaired) electrons. The first-order valence-corrected chi connectivity index (χ1v) is 7.28. The second-order valence-electron chi connectivity index (χ2n) is 3.60. The first-order valence-electron chi connectivity index (χ1n) is 5.35. The quantitative estimate of drug-likeness (QED) is 0.515. The van der Waals surface area contributed by atoms with Crippen LogP contribution in [-0.2, 0) is 6.42 Å². The molecule has 0 unspecified atom stereocenters. The summed E-state index contributed by atoms with van der Waals surface area (Å²) in [4.78, 5) is 8.27. The number of benzene rings is 1. The zero-order chi connectivity index (χ0) is 14.0. The molecular weight excluding hydrogens is 374 g/mol. The maximum absolute atomic E-state index is 6.07. The van der Waals surface area contributed by atoms with Crippen molar-refractivity contribution in [1.82, 2.24) is 9.97 Å². The van der Waals surface area contributed by atoms with Crippen LogP contribution in [0, 0.1) is 0 Å². The predicted molar refractivity (Wildman–Crippen MR) is 80.7 cm³/mol. The van der Waals surface area contributed by atoms with Crippen molar-refractivity contribution < 1.29 is 4.74 Å². The molecule has 19 heavy (non-hydrogen) atoms. The van der Waals surface area contributed by atoms with Crippen molar-refractivity contribution in [2.75, 3.05) is 0 Å². The first-order chi connectivity index (χ1) is 8.99. The van der Waals surface area contributed by atoms with Gasteiger partial charge in [-0.15, -0.1) is 0 Å². The molecule has 2 rings (SSSR count). The third-order valence-electron chi connectivity index (χ3n) is 2.22. The largest absolute Gasteiger partial charge is 0.437 e. The average molecular weight is 382 g/mol. The van der Waals surface area contributed by atoms with Gasteiger partial charge in [-0.3, -0.25) is 0 Å². The molecule has 0 amide bonds. The Labute approximate surface area is 134 Å². The molecule has 0 atom stereocenters. The van der Waals surface area contributed by atoms with Gasteiger partial charge in [-0.2, -0.15) is 4.98 Å². The van der Waals surface area contributed by atoms with Gasteiger partial charge in [0.15, 0.2) is 0 Å². The Bertz CT molecular complexity index is 622. The van der Waals surface area contributed by atoms with Crippen molar-refractivity contribution in [3.8, 4) is 11.6 Å². The summed E-state index contributed by atoms with van der Waals surface area (Å²) in [7, 11) is 0. The lowest BCUT2D eigenvalue weighted by Gasteiger charge is -2.09. The molecule has 0 saturated carbocycles. The molecule has 100 valence electrons. The molecule has 2 aromatic rings. The number of aryl methyl sites for hydroxylation is 1. The lowest BCUT2D eigenvalue weighted by Crippen LogP contribution is -1.96. The number of hydrogen-bond donors (Lipinski definition) is 0. The Morgan fingerprint density at radius 1 is 1.11 bits per heavy atom. The summed E-state index contributed by atoms with van der Waals surface area (Å²) in [6, 6.07) is 4.78. The molecule has 0 spiro atoms. The number of aromatic nitrogens is 2. The Morgan fingerprint density at radius 2 is 1.84 bits per heavy atom. The smallest absolute Gasteiger partial charge is 0.224 e. The highest BCUT2D eigenvalue weighted by atomic mass is 79.9. The zero-order valence-corrected chi connectivity index (χ0v) is 13.6. The van der Waals surface area contributed by atoms with Crippen molar-refractivity contribution in [2.45, 2.75) is 13.3 Å². The van der Waals surface area contributed by atoms with Crippen LogP contribution in [0.15, 0.2) is 22.7 Å². The molecular formula is C12H8BrCl3N2O. The standard InChI is InChI=1S/C12H8BrCl3N2O/c1-2-11-17-10(16)5-12(18-11)19-9-4-7(14)6(13)3-8(9)15/h3-5H,2H2,1H3. The summed E-state index contributed by atoms with van der Waals surface area (Å²) in [5, 5.41) is 1.24. The van der Waals surface area contributed by atoms with E-state index in [4.69, 9.17) is 39.5 Å². The number of nitrogens with zero attached hydrogens (tertiary/aromatic N) is 2. The van der Waals surface area contributed by atoms with Gasteiger partial charge in [-0.05, 0) is 22.0 Å². The van der Waals surface area contributed by atoms with Gasteiger partial charge in [-0.25, -0.2) is 4.98 Å². The molecule has 0 bridgehead atoms. The Balaban J connectivity index is 2.36. The third kappa shape index (κ3) is 3.72. The molecule has 0 aliphatic heterocycles. The van der Waals surface area contributed by atoms with Gasteiger partial charge in [0.1, 0.15) is 16.7 Å². The van der Waals surface area contributed by atoms with E-state index in [0.29, 0.717) is 43.5 Å². The second-order valence-corrected chi connectivity index (χ2v) is 5.65. The zero-order valence-electron chi connectivity index (χ0n) is 9.75. The van der Waals surface area contributed by atoms with E-state index in [1.165, 1.54) is 6.07 Å². The molecule has 1 aromatic heterocycles. The van der Waals surface area contributed by atoms with Crippen molar-refractivity contribution in [1.29, 1.82) is 0 Å². The predicted octanol–water partition coefficient (Wildman–Crippen LogP) is 5.55. The molecule has 1 aromatic carbocycles. The van der Waals surface area contributed by atoms with Crippen LogP contribution in [0.25, 0.3) is 0 Å². The molecule has 7 heteroatoms. The van der Waals surface area contributed by atoms with Gasteiger partial charge in [0, 0.05) is 23.0 Å². The van der Waals surface area contributed by atoms with E-state index in [1.54, 1.807) is 12.1 Å². The number of ether oxygens (including phenoxy) is 1. The van der Waals surface area contributed by atoms with E-state index in [9.17, 15) is 0 Å². The molecule has 0 fully saturated rings. The molecule has 0 N–H and O–H groups in total. The Morgan fingerprint density at radius 3 is 2.53 bits per heavy atom. The van der Waals surface area contributed by atoms with Crippen LogP contribution < -0.4 is 4.74 Å². The maximum Gasteiger partial charge on any atom is 0.224 e. The van der Waals surface area contributed by atoms with Gasteiger partial charge in [0.25, 0.3) is 0 Å². The van der Waals surface area contributed by atoms with E-state index < -0.39 is 0 Å². The molecule has 3 nitrogen and oxygen atoms in total. The molecule has 0 aliphatic carbocycles. The fourth-order valence-corrected chi connectivity index (χ4v) is 2.37. The summed E-state index contributed by atoms with van der Waals surface area (Å²) in [6.45, 7) is 1.93. The fourth-order valence-electron chi connectivity index (χ4n) is 1.35. The topological polar surface area (TPSA) is 35.0 Å². The highest BCUT2D eigenvalue weighted by Crippen LogP contribution is 2.36. The number of hydrogen-bond acceptors (Lipinski definition) is 3. The maximum atomic E-state index is 6.07. The molecule has 0 saturated heterocycles. The van der Waals surface area contributed by atoms with E-state index >= 15 is 0 Å². The monoisotopic (exact) mass is 380 g/mol. The summed E-state index contributed by atoms with van der Waals surface area (Å²) in [5.74, 6) is 1.34. The lowest BCUT2D eigenvalue weighted by molar-refractivity contribution is 0.459. The number of rotatable bonds is 3. The van der Waals surface area contributed by atoms with Crippen molar-refractivity contribution in [2.24, 2.45) is 0 Å². The second kappa shape index (κ2) is 6.27. The molecule has 1 heterocycles. The minimum atomic E-state index is 0.321. The Hall–Kier alpha value is -0.550. The van der Waals surface area contributed by atoms with Crippen LogP contribution in [0.2, 0.25) is 15.2 Å².